The highest BCUT2D eigenvalue weighted by molar-refractivity contribution is 14.0. The molecule has 2 rings (SSSR count). The first-order valence-corrected chi connectivity index (χ1v) is 10.5. The zero-order valence-corrected chi connectivity index (χ0v) is 21.1. The molecule has 11 heteroatoms. The molecule has 1 heterocycles. The molecular weight excluding hydrogens is 538 g/mol. The molecule has 1 fully saturated rings. The summed E-state index contributed by atoms with van der Waals surface area (Å²) in [6, 6.07) is 5.92. The van der Waals surface area contributed by atoms with Crippen LogP contribution in [0.25, 0.3) is 0 Å². The minimum absolute atomic E-state index is 0. The number of amides is 1. The van der Waals surface area contributed by atoms with Gasteiger partial charge < -0.3 is 20.3 Å². The molecule has 32 heavy (non-hydrogen) atoms. The van der Waals surface area contributed by atoms with Crippen LogP contribution < -0.4 is 15.4 Å². The van der Waals surface area contributed by atoms with Gasteiger partial charge in [-0.2, -0.15) is 0 Å². The number of ether oxygens (including phenoxy) is 1. The van der Waals surface area contributed by atoms with Crippen LogP contribution in [0.5, 0.6) is 5.75 Å². The van der Waals surface area contributed by atoms with Crippen molar-refractivity contribution < 1.29 is 22.7 Å². The van der Waals surface area contributed by atoms with Gasteiger partial charge in [0.1, 0.15) is 5.75 Å². The van der Waals surface area contributed by atoms with E-state index >= 15 is 0 Å². The fourth-order valence-electron chi connectivity index (χ4n) is 3.53. The molecule has 0 aliphatic carbocycles. The second kappa shape index (κ2) is 13.7. The number of likely N-dealkylation sites (tertiary alicyclic amines) is 1. The van der Waals surface area contributed by atoms with Crippen molar-refractivity contribution >= 4 is 35.8 Å². The van der Waals surface area contributed by atoms with Crippen molar-refractivity contribution in [3.05, 3.63) is 29.8 Å². The van der Waals surface area contributed by atoms with Crippen LogP contribution in [0.4, 0.5) is 13.2 Å². The lowest BCUT2D eigenvalue weighted by Crippen LogP contribution is -2.44. The van der Waals surface area contributed by atoms with Crippen LogP contribution in [0.1, 0.15) is 31.7 Å². The molecule has 1 aliphatic rings. The van der Waals surface area contributed by atoms with E-state index in [-0.39, 0.29) is 48.2 Å². The SMILES string of the molecule is CCNC(=NCc1ccccc1OC(F)(F)F)NCCCN1CCCC1C(=O)N(C)C.I. The van der Waals surface area contributed by atoms with Crippen molar-refractivity contribution in [1.29, 1.82) is 0 Å². The summed E-state index contributed by atoms with van der Waals surface area (Å²) >= 11 is 0. The van der Waals surface area contributed by atoms with Gasteiger partial charge in [-0.25, -0.2) is 4.99 Å². The number of hydrogen-bond donors (Lipinski definition) is 2. The van der Waals surface area contributed by atoms with E-state index in [1.165, 1.54) is 12.1 Å². The first-order valence-electron chi connectivity index (χ1n) is 10.5. The van der Waals surface area contributed by atoms with Gasteiger partial charge >= 0.3 is 6.36 Å². The molecule has 1 amide bonds. The normalized spacial score (nSPS) is 16.9. The number of nitrogens with zero attached hydrogens (tertiary/aromatic N) is 3. The van der Waals surface area contributed by atoms with Crippen molar-refractivity contribution in [2.24, 2.45) is 4.99 Å². The summed E-state index contributed by atoms with van der Waals surface area (Å²) in [4.78, 5) is 20.5. The highest BCUT2D eigenvalue weighted by Crippen LogP contribution is 2.26. The number of carbonyl (C=O) groups is 1. The Kier molecular flexibility index (Phi) is 12.1. The van der Waals surface area contributed by atoms with Crippen LogP contribution in [0.15, 0.2) is 29.3 Å². The minimum Gasteiger partial charge on any atom is -0.405 e. The minimum atomic E-state index is -4.75. The average molecular weight is 571 g/mol. The molecule has 182 valence electrons. The summed E-state index contributed by atoms with van der Waals surface area (Å²) < 4.78 is 41.8. The Hall–Kier alpha value is -1.76. The molecule has 1 atom stereocenters. The van der Waals surface area contributed by atoms with Crippen molar-refractivity contribution in [2.45, 2.75) is 45.1 Å². The van der Waals surface area contributed by atoms with Crippen LogP contribution in [0, 0.1) is 0 Å². The van der Waals surface area contributed by atoms with E-state index in [1.54, 1.807) is 31.1 Å². The Bertz CT molecular complexity index is 746. The number of para-hydroxylation sites is 1. The number of halogens is 4. The Morgan fingerprint density at radius 2 is 2.00 bits per heavy atom. The quantitative estimate of drug-likeness (QED) is 0.206. The van der Waals surface area contributed by atoms with Gasteiger partial charge in [0.05, 0.1) is 12.6 Å². The molecule has 1 aliphatic heterocycles. The number of hydrogen-bond acceptors (Lipinski definition) is 4. The van der Waals surface area contributed by atoms with Gasteiger partial charge in [-0.3, -0.25) is 9.69 Å². The third-order valence-electron chi connectivity index (χ3n) is 4.95. The maximum atomic E-state index is 12.6. The zero-order valence-electron chi connectivity index (χ0n) is 18.7. The van der Waals surface area contributed by atoms with Crippen LogP contribution in [-0.2, 0) is 11.3 Å². The molecule has 0 bridgehead atoms. The standard InChI is InChI=1S/C21H32F3N5O2.HI/c1-4-25-20(27-15-16-9-5-6-11-18(16)31-21(22,23)24)26-12-8-14-29-13-7-10-17(29)19(30)28(2)3;/h5-6,9,11,17H,4,7-8,10,12-15H2,1-3H3,(H2,25,26,27);1H. The van der Waals surface area contributed by atoms with Gasteiger partial charge in [-0.1, -0.05) is 18.2 Å². The summed E-state index contributed by atoms with van der Waals surface area (Å²) in [7, 11) is 3.55. The lowest BCUT2D eigenvalue weighted by Gasteiger charge is -2.26. The number of alkyl halides is 3. The third-order valence-corrected chi connectivity index (χ3v) is 4.95. The first-order chi connectivity index (χ1) is 14.7. The monoisotopic (exact) mass is 571 g/mol. The highest BCUT2D eigenvalue weighted by Gasteiger charge is 2.32. The maximum absolute atomic E-state index is 12.6. The van der Waals surface area contributed by atoms with Crippen molar-refractivity contribution in [3.63, 3.8) is 0 Å². The van der Waals surface area contributed by atoms with E-state index in [1.807, 2.05) is 6.92 Å². The Balaban J connectivity index is 0.00000512. The summed E-state index contributed by atoms with van der Waals surface area (Å²) in [5.41, 5.74) is 0.346. The lowest BCUT2D eigenvalue weighted by atomic mass is 10.2. The van der Waals surface area contributed by atoms with Gasteiger partial charge in [0.2, 0.25) is 5.91 Å². The first kappa shape index (κ1) is 28.3. The van der Waals surface area contributed by atoms with Gasteiger partial charge in [0.15, 0.2) is 5.96 Å². The van der Waals surface area contributed by atoms with E-state index < -0.39 is 6.36 Å². The molecule has 1 unspecified atom stereocenters. The Morgan fingerprint density at radius 3 is 2.66 bits per heavy atom. The van der Waals surface area contributed by atoms with E-state index in [4.69, 9.17) is 0 Å². The lowest BCUT2D eigenvalue weighted by molar-refractivity contribution is -0.274. The molecule has 0 spiro atoms. The van der Waals surface area contributed by atoms with Crippen LogP contribution in [0.3, 0.4) is 0 Å². The van der Waals surface area contributed by atoms with Gasteiger partial charge in [0.25, 0.3) is 0 Å². The summed E-state index contributed by atoms with van der Waals surface area (Å²) in [5, 5.41) is 6.30. The fraction of sp³-hybridized carbons (Fsp3) is 0.619. The molecule has 1 aromatic carbocycles. The van der Waals surface area contributed by atoms with Crippen molar-refractivity contribution in [1.82, 2.24) is 20.4 Å². The Morgan fingerprint density at radius 1 is 1.28 bits per heavy atom. The second-order valence-corrected chi connectivity index (χ2v) is 7.56. The van der Waals surface area contributed by atoms with Crippen LogP contribution in [0.2, 0.25) is 0 Å². The number of likely N-dealkylation sites (N-methyl/N-ethyl adjacent to an activating group) is 1. The number of guanidine groups is 1. The van der Waals surface area contributed by atoms with Crippen LogP contribution >= 0.6 is 24.0 Å². The maximum Gasteiger partial charge on any atom is 0.573 e. The summed E-state index contributed by atoms with van der Waals surface area (Å²) in [6.07, 6.45) is -2.03. The topological polar surface area (TPSA) is 69.2 Å². The highest BCUT2D eigenvalue weighted by atomic mass is 127. The van der Waals surface area contributed by atoms with E-state index in [9.17, 15) is 18.0 Å². The van der Waals surface area contributed by atoms with Crippen LogP contribution in [-0.4, -0.2) is 74.3 Å². The van der Waals surface area contributed by atoms with Gasteiger partial charge in [-0.05, 0) is 38.8 Å². The largest absolute Gasteiger partial charge is 0.573 e. The number of benzene rings is 1. The van der Waals surface area contributed by atoms with E-state index in [2.05, 4.69) is 25.3 Å². The molecule has 0 saturated carbocycles. The summed E-state index contributed by atoms with van der Waals surface area (Å²) in [6.45, 7) is 4.92. The van der Waals surface area contributed by atoms with Gasteiger partial charge in [-0.15, -0.1) is 37.1 Å². The smallest absolute Gasteiger partial charge is 0.405 e. The van der Waals surface area contributed by atoms with Crippen molar-refractivity contribution in [3.8, 4) is 5.75 Å². The number of aliphatic imine (C=N–C) groups is 1. The molecular formula is C21H33F3IN5O2. The molecule has 1 aromatic rings. The number of rotatable bonds is 9. The fourth-order valence-corrected chi connectivity index (χ4v) is 3.53. The molecule has 7 nitrogen and oxygen atoms in total. The zero-order chi connectivity index (χ0) is 22.9. The number of nitrogens with one attached hydrogen (secondary N) is 2. The van der Waals surface area contributed by atoms with E-state index in [0.29, 0.717) is 24.6 Å². The molecule has 2 N–H and O–H groups in total. The number of carbonyl (C=O) groups excluding carboxylic acids is 1. The second-order valence-electron chi connectivity index (χ2n) is 7.56. The average Bonchev–Trinajstić information content (AvgIpc) is 3.16. The summed E-state index contributed by atoms with van der Waals surface area (Å²) in [5.74, 6) is 0.409. The predicted octanol–water partition coefficient (Wildman–Crippen LogP) is 3.20. The molecule has 0 radical (unpaired) electrons. The third kappa shape index (κ3) is 9.39. The van der Waals surface area contributed by atoms with Gasteiger partial charge in [0, 0.05) is 39.3 Å². The molecule has 1 saturated heterocycles. The predicted molar refractivity (Wildman–Crippen MR) is 129 cm³/mol. The van der Waals surface area contributed by atoms with Crippen molar-refractivity contribution in [2.75, 3.05) is 40.3 Å². The Labute approximate surface area is 204 Å². The molecule has 0 aromatic heterocycles. The van der Waals surface area contributed by atoms with E-state index in [0.717, 1.165) is 32.4 Å².